The van der Waals surface area contributed by atoms with Crippen molar-refractivity contribution in [2.24, 2.45) is 0 Å². The number of halogens is 4. The van der Waals surface area contributed by atoms with E-state index in [1.54, 1.807) is 14.1 Å². The molecule has 0 radical (unpaired) electrons. The Balaban J connectivity index is 2.68. The number of aliphatic carboxylic acids is 1. The zero-order valence-corrected chi connectivity index (χ0v) is 14.5. The van der Waals surface area contributed by atoms with Gasteiger partial charge in [0.1, 0.15) is 17.3 Å². The largest absolute Gasteiger partial charge is 0.478 e. The van der Waals surface area contributed by atoms with E-state index in [0.717, 1.165) is 12.1 Å². The summed E-state index contributed by atoms with van der Waals surface area (Å²) in [5.41, 5.74) is 0.192. The molecule has 0 saturated carbocycles. The lowest BCUT2D eigenvalue weighted by Crippen LogP contribution is -2.17. The Morgan fingerprint density at radius 1 is 1.11 bits per heavy atom. The molecular weight excluding hydrogens is 364 g/mol. The first kappa shape index (κ1) is 20.2. The maximum absolute atomic E-state index is 13.2. The molecular formula is C19H16F4N2O2. The number of benzene rings is 1. The lowest BCUT2D eigenvalue weighted by molar-refractivity contribution is -0.141. The van der Waals surface area contributed by atoms with Crippen molar-refractivity contribution in [3.8, 4) is 0 Å². The Morgan fingerprint density at radius 2 is 1.74 bits per heavy atom. The molecule has 0 atom stereocenters. The fraction of sp³-hybridized carbons (Fsp3) is 0.158. The molecule has 0 aliphatic heterocycles. The number of nitrogens with zero attached hydrogens (tertiary/aromatic N) is 2. The number of aromatic nitrogens is 1. The average molecular weight is 380 g/mol. The Hall–Kier alpha value is -3.16. The standard InChI is InChI=1S/C19H16F4N2O2/c1-25(2)18-15(10-11-16(24-18)19(21,22)23)14(4-3-5-17(26)27)12-6-8-13(20)9-7-12/h3-11H,1-2H3,(H,26,27)/b5-3+,14-4-. The lowest BCUT2D eigenvalue weighted by atomic mass is 9.97. The lowest BCUT2D eigenvalue weighted by Gasteiger charge is -2.20. The van der Waals surface area contributed by atoms with Crippen LogP contribution >= 0.6 is 0 Å². The van der Waals surface area contributed by atoms with E-state index in [2.05, 4.69) is 4.98 Å². The molecule has 27 heavy (non-hydrogen) atoms. The number of hydrogen-bond donors (Lipinski definition) is 1. The highest BCUT2D eigenvalue weighted by molar-refractivity contribution is 5.87. The van der Waals surface area contributed by atoms with E-state index in [1.807, 2.05) is 0 Å². The van der Waals surface area contributed by atoms with Crippen molar-refractivity contribution in [3.63, 3.8) is 0 Å². The highest BCUT2D eigenvalue weighted by atomic mass is 19.4. The number of rotatable bonds is 5. The van der Waals surface area contributed by atoms with Crippen LogP contribution in [0.5, 0.6) is 0 Å². The fourth-order valence-electron chi connectivity index (χ4n) is 2.36. The molecule has 0 saturated heterocycles. The molecule has 0 unspecified atom stereocenters. The molecule has 0 fully saturated rings. The smallest absolute Gasteiger partial charge is 0.433 e. The van der Waals surface area contributed by atoms with Gasteiger partial charge in [0.25, 0.3) is 0 Å². The molecule has 0 spiro atoms. The number of carbonyl (C=O) groups is 1. The first-order valence-electron chi connectivity index (χ1n) is 7.72. The molecule has 0 bridgehead atoms. The summed E-state index contributed by atoms with van der Waals surface area (Å²) in [6.45, 7) is 0. The Bertz CT molecular complexity index is 886. The van der Waals surface area contributed by atoms with Crippen LogP contribution in [0.3, 0.4) is 0 Å². The number of carboxylic acids is 1. The van der Waals surface area contributed by atoms with Crippen LogP contribution in [-0.4, -0.2) is 30.2 Å². The zero-order valence-electron chi connectivity index (χ0n) is 14.5. The summed E-state index contributed by atoms with van der Waals surface area (Å²) >= 11 is 0. The van der Waals surface area contributed by atoms with Gasteiger partial charge in [0.2, 0.25) is 0 Å². The minimum absolute atomic E-state index is 0.0455. The van der Waals surface area contributed by atoms with E-state index < -0.39 is 23.7 Å². The molecule has 1 aromatic heterocycles. The summed E-state index contributed by atoms with van der Waals surface area (Å²) in [5.74, 6) is -1.61. The molecule has 1 N–H and O–H groups in total. The first-order valence-corrected chi connectivity index (χ1v) is 7.72. The van der Waals surface area contributed by atoms with E-state index in [4.69, 9.17) is 5.11 Å². The van der Waals surface area contributed by atoms with Crippen LogP contribution in [0.15, 0.2) is 54.6 Å². The van der Waals surface area contributed by atoms with Crippen molar-refractivity contribution >= 4 is 17.4 Å². The molecule has 8 heteroatoms. The third-order valence-electron chi connectivity index (χ3n) is 3.54. The Labute approximate surface area is 153 Å². The second-order valence-corrected chi connectivity index (χ2v) is 5.74. The van der Waals surface area contributed by atoms with Crippen LogP contribution < -0.4 is 4.90 Å². The third-order valence-corrected chi connectivity index (χ3v) is 3.54. The molecule has 0 amide bonds. The van der Waals surface area contributed by atoms with Gasteiger partial charge >= 0.3 is 12.1 Å². The van der Waals surface area contributed by atoms with Crippen LogP contribution in [0.25, 0.3) is 5.57 Å². The number of allylic oxidation sites excluding steroid dienone is 2. The van der Waals surface area contributed by atoms with Crippen LogP contribution in [0.1, 0.15) is 16.8 Å². The van der Waals surface area contributed by atoms with E-state index in [9.17, 15) is 22.4 Å². The summed E-state index contributed by atoms with van der Waals surface area (Å²) < 4.78 is 52.3. The molecule has 1 heterocycles. The predicted octanol–water partition coefficient (Wildman–Crippen LogP) is 4.38. The molecule has 2 rings (SSSR count). The number of alkyl halides is 3. The van der Waals surface area contributed by atoms with Crippen molar-refractivity contribution in [1.29, 1.82) is 0 Å². The first-order chi connectivity index (χ1) is 12.6. The molecule has 4 nitrogen and oxygen atoms in total. The summed E-state index contributed by atoms with van der Waals surface area (Å²) in [6, 6.07) is 7.42. The number of pyridine rings is 1. The van der Waals surface area contributed by atoms with Gasteiger partial charge in [-0.15, -0.1) is 0 Å². The molecule has 142 valence electrons. The van der Waals surface area contributed by atoms with Crippen molar-refractivity contribution in [3.05, 3.63) is 77.3 Å². The molecule has 2 aromatic rings. The number of carboxylic acid groups (broad SMARTS) is 1. The van der Waals surface area contributed by atoms with Crippen molar-refractivity contribution in [2.45, 2.75) is 6.18 Å². The van der Waals surface area contributed by atoms with Gasteiger partial charge in [-0.05, 0) is 35.4 Å². The van der Waals surface area contributed by atoms with Gasteiger partial charge < -0.3 is 10.0 Å². The summed E-state index contributed by atoms with van der Waals surface area (Å²) in [5, 5.41) is 8.76. The Morgan fingerprint density at radius 3 is 2.26 bits per heavy atom. The minimum atomic E-state index is -4.60. The van der Waals surface area contributed by atoms with Gasteiger partial charge in [-0.25, -0.2) is 14.2 Å². The highest BCUT2D eigenvalue weighted by Crippen LogP contribution is 2.34. The van der Waals surface area contributed by atoms with E-state index >= 15 is 0 Å². The predicted molar refractivity (Wildman–Crippen MR) is 93.8 cm³/mol. The normalized spacial score (nSPS) is 12.4. The van der Waals surface area contributed by atoms with Crippen LogP contribution in [0.4, 0.5) is 23.4 Å². The van der Waals surface area contributed by atoms with Crippen LogP contribution in [0, 0.1) is 5.82 Å². The van der Waals surface area contributed by atoms with Gasteiger partial charge in [0, 0.05) is 25.7 Å². The third kappa shape index (κ3) is 5.16. The van der Waals surface area contributed by atoms with Crippen molar-refractivity contribution in [2.75, 3.05) is 19.0 Å². The molecule has 0 aliphatic carbocycles. The summed E-state index contributed by atoms with van der Waals surface area (Å²) in [7, 11) is 3.09. The topological polar surface area (TPSA) is 53.4 Å². The second kappa shape index (κ2) is 8.03. The number of anilines is 1. The van der Waals surface area contributed by atoms with Gasteiger partial charge in [0.05, 0.1) is 0 Å². The molecule has 0 aliphatic rings. The average Bonchev–Trinajstić information content (AvgIpc) is 2.58. The summed E-state index contributed by atoms with van der Waals surface area (Å²) in [6.07, 6.45) is -1.04. The van der Waals surface area contributed by atoms with E-state index in [1.165, 1.54) is 47.4 Å². The van der Waals surface area contributed by atoms with Gasteiger partial charge in [-0.1, -0.05) is 24.3 Å². The van der Waals surface area contributed by atoms with E-state index in [0.29, 0.717) is 16.7 Å². The van der Waals surface area contributed by atoms with Gasteiger partial charge in [-0.3, -0.25) is 0 Å². The Kier molecular flexibility index (Phi) is 5.99. The zero-order chi connectivity index (χ0) is 20.2. The van der Waals surface area contributed by atoms with Crippen LogP contribution in [-0.2, 0) is 11.0 Å². The highest BCUT2D eigenvalue weighted by Gasteiger charge is 2.33. The minimum Gasteiger partial charge on any atom is -0.478 e. The SMILES string of the molecule is CN(C)c1nc(C(F)(F)F)ccc1/C(=C\C=C\C(=O)O)c1ccc(F)cc1. The van der Waals surface area contributed by atoms with Crippen molar-refractivity contribution in [1.82, 2.24) is 4.98 Å². The second-order valence-electron chi connectivity index (χ2n) is 5.74. The maximum Gasteiger partial charge on any atom is 0.433 e. The van der Waals surface area contributed by atoms with E-state index in [-0.39, 0.29) is 5.82 Å². The van der Waals surface area contributed by atoms with Crippen molar-refractivity contribution < 1.29 is 27.5 Å². The summed E-state index contributed by atoms with van der Waals surface area (Å²) in [4.78, 5) is 15.8. The van der Waals surface area contributed by atoms with Gasteiger partial charge in [0.15, 0.2) is 0 Å². The quantitative estimate of drug-likeness (QED) is 0.475. The number of hydrogen-bond acceptors (Lipinski definition) is 3. The van der Waals surface area contributed by atoms with Gasteiger partial charge in [-0.2, -0.15) is 13.2 Å². The fourth-order valence-corrected chi connectivity index (χ4v) is 2.36. The molecule has 1 aromatic carbocycles. The maximum atomic E-state index is 13.2. The van der Waals surface area contributed by atoms with Crippen LogP contribution in [0.2, 0.25) is 0 Å². The monoisotopic (exact) mass is 380 g/mol.